The second-order valence-electron chi connectivity index (χ2n) is 15.1. The molecule has 194 valence electrons. The molecule has 5 rings (SSSR count). The van der Waals surface area contributed by atoms with Gasteiger partial charge in [0.1, 0.15) is 0 Å². The van der Waals surface area contributed by atoms with E-state index in [1.165, 1.54) is 6.42 Å². The van der Waals surface area contributed by atoms with Crippen molar-refractivity contribution >= 4 is 0 Å². The molecule has 0 aromatic heterocycles. The highest BCUT2D eigenvalue weighted by Gasteiger charge is 2.71. The van der Waals surface area contributed by atoms with Crippen molar-refractivity contribution in [1.82, 2.24) is 0 Å². The summed E-state index contributed by atoms with van der Waals surface area (Å²) in [6, 6.07) is 0. The molecule has 0 aromatic carbocycles. The summed E-state index contributed by atoms with van der Waals surface area (Å²) in [6.07, 6.45) is 9.71. The molecule has 34 heavy (non-hydrogen) atoms. The Morgan fingerprint density at radius 2 is 1.50 bits per heavy atom. The van der Waals surface area contributed by atoms with E-state index in [0.717, 1.165) is 38.5 Å². The molecule has 5 aliphatic carbocycles. The zero-order valence-electron chi connectivity index (χ0n) is 23.4. The highest BCUT2D eigenvalue weighted by molar-refractivity contribution is 5.37. The number of ether oxygens (including phenoxy) is 1. The van der Waals surface area contributed by atoms with Gasteiger partial charge in [-0.3, -0.25) is 0 Å². The molecule has 4 fully saturated rings. The van der Waals surface area contributed by atoms with E-state index < -0.39 is 0 Å². The van der Waals surface area contributed by atoms with Gasteiger partial charge >= 0.3 is 0 Å². The minimum Gasteiger partial charge on any atom is -0.393 e. The van der Waals surface area contributed by atoms with Gasteiger partial charge in [0.25, 0.3) is 0 Å². The summed E-state index contributed by atoms with van der Waals surface area (Å²) in [7, 11) is 1.92. The third-order valence-corrected chi connectivity index (χ3v) is 13.7. The fourth-order valence-corrected chi connectivity index (χ4v) is 11.1. The van der Waals surface area contributed by atoms with Crippen molar-refractivity contribution in [2.45, 2.75) is 119 Å². The Bertz CT molecular complexity index is 863. The summed E-state index contributed by atoms with van der Waals surface area (Å²) in [4.78, 5) is 0. The summed E-state index contributed by atoms with van der Waals surface area (Å²) < 4.78 is 6.43. The monoisotopic (exact) mass is 472 g/mol. The number of aliphatic hydroxyl groups is 2. The van der Waals surface area contributed by atoms with Crippen LogP contribution < -0.4 is 0 Å². The zero-order valence-corrected chi connectivity index (χ0v) is 23.4. The molecule has 5 aliphatic rings. The van der Waals surface area contributed by atoms with Crippen LogP contribution in [0.4, 0.5) is 0 Å². The first kappa shape index (κ1) is 25.3. The van der Waals surface area contributed by atoms with Crippen LogP contribution in [0.2, 0.25) is 0 Å². The van der Waals surface area contributed by atoms with Crippen molar-refractivity contribution in [3.8, 4) is 0 Å². The Morgan fingerprint density at radius 3 is 2.15 bits per heavy atom. The smallest absolute Gasteiger partial charge is 0.0793 e. The van der Waals surface area contributed by atoms with E-state index in [2.05, 4.69) is 61.5 Å². The molecule has 0 heterocycles. The van der Waals surface area contributed by atoms with Gasteiger partial charge in [0.15, 0.2) is 0 Å². The molecule has 0 saturated heterocycles. The molecule has 4 saturated carbocycles. The number of aliphatic hydroxyl groups excluding tert-OH is 2. The molecule has 0 aliphatic heterocycles. The third kappa shape index (κ3) is 2.87. The lowest BCUT2D eigenvalue weighted by Crippen LogP contribution is -2.69. The first-order chi connectivity index (χ1) is 15.7. The van der Waals surface area contributed by atoms with Gasteiger partial charge in [0.05, 0.1) is 18.3 Å². The van der Waals surface area contributed by atoms with E-state index >= 15 is 0 Å². The van der Waals surface area contributed by atoms with E-state index in [-0.39, 0.29) is 45.4 Å². The number of hydrogen-bond donors (Lipinski definition) is 2. The van der Waals surface area contributed by atoms with Crippen molar-refractivity contribution in [3.05, 3.63) is 11.6 Å². The number of methoxy groups -OCH3 is 1. The lowest BCUT2D eigenvalue weighted by Gasteiger charge is -2.73. The van der Waals surface area contributed by atoms with Crippen LogP contribution in [-0.2, 0) is 4.74 Å². The predicted molar refractivity (Wildman–Crippen MR) is 138 cm³/mol. The van der Waals surface area contributed by atoms with Crippen molar-refractivity contribution in [1.29, 1.82) is 0 Å². The Morgan fingerprint density at radius 1 is 0.853 bits per heavy atom. The molecule has 0 radical (unpaired) electrons. The predicted octanol–water partition coefficient (Wildman–Crippen LogP) is 6.62. The maximum atomic E-state index is 11.8. The first-order valence-corrected chi connectivity index (χ1v) is 14.3. The molecule has 0 aromatic rings. The molecule has 0 spiro atoms. The highest BCUT2D eigenvalue weighted by atomic mass is 16.5. The van der Waals surface area contributed by atoms with Gasteiger partial charge in [0, 0.05) is 18.4 Å². The van der Waals surface area contributed by atoms with Gasteiger partial charge in [0.2, 0.25) is 0 Å². The van der Waals surface area contributed by atoms with Gasteiger partial charge in [-0.25, -0.2) is 0 Å². The average molecular weight is 473 g/mol. The number of hydrogen-bond acceptors (Lipinski definition) is 3. The fourth-order valence-electron chi connectivity index (χ4n) is 11.1. The SMILES string of the molecule is CO[C@@H]1C=C2[C@H]3[C@H](C)[C@@H](C)CC[C@@]3(C)[C@@H](O)C[C@]2(C)[C@]2(C)CC[C@@H]3C(C)(C)[C@@H](O)CC[C@@]3(C)[C@H]12. The first-order valence-electron chi connectivity index (χ1n) is 14.3. The van der Waals surface area contributed by atoms with Crippen LogP contribution in [0.3, 0.4) is 0 Å². The average Bonchev–Trinajstić information content (AvgIpc) is 2.75. The van der Waals surface area contributed by atoms with Crippen LogP contribution in [0, 0.1) is 56.7 Å². The van der Waals surface area contributed by atoms with E-state index in [0.29, 0.717) is 29.6 Å². The molecule has 2 N–H and O–H groups in total. The van der Waals surface area contributed by atoms with E-state index in [9.17, 15) is 10.2 Å². The summed E-state index contributed by atoms with van der Waals surface area (Å²) in [5.41, 5.74) is 1.69. The summed E-state index contributed by atoms with van der Waals surface area (Å²) in [6.45, 7) is 19.5. The normalized spacial score (nSPS) is 58.6. The topological polar surface area (TPSA) is 49.7 Å². The maximum Gasteiger partial charge on any atom is 0.0793 e. The standard InChI is InChI=1S/C31H52O3/c1-18-10-13-29(6)24(33)17-31(8)20(25(29)19(18)2)16-21(34-9)26-28(5)14-12-23(32)27(3,4)22(28)11-15-30(26,31)7/h16,18-19,21-26,32-33H,10-15,17H2,1-9H3/t18-,19+,21+,22+,23-,24-,25+,26-,28+,29-,30+,31-/m0/s1. The largest absolute Gasteiger partial charge is 0.393 e. The van der Waals surface area contributed by atoms with Gasteiger partial charge in [-0.1, -0.05) is 67.0 Å². The van der Waals surface area contributed by atoms with Crippen molar-refractivity contribution in [2.75, 3.05) is 7.11 Å². The van der Waals surface area contributed by atoms with Crippen LogP contribution in [-0.4, -0.2) is 35.6 Å². The molecular weight excluding hydrogens is 420 g/mol. The molecule has 3 heteroatoms. The van der Waals surface area contributed by atoms with Gasteiger partial charge in [-0.05, 0) is 90.3 Å². The van der Waals surface area contributed by atoms with Gasteiger partial charge in [-0.2, -0.15) is 0 Å². The quantitative estimate of drug-likeness (QED) is 0.422. The molecular formula is C31H52O3. The van der Waals surface area contributed by atoms with Crippen LogP contribution >= 0.6 is 0 Å². The Hall–Kier alpha value is -0.380. The molecule has 0 amide bonds. The Balaban J connectivity index is 1.69. The number of fused-ring (bicyclic) bond motifs is 7. The second-order valence-corrected chi connectivity index (χ2v) is 15.1. The molecule has 0 unspecified atom stereocenters. The molecule has 12 atom stereocenters. The van der Waals surface area contributed by atoms with E-state index in [4.69, 9.17) is 4.74 Å². The Kier molecular flexibility index (Phi) is 5.63. The maximum absolute atomic E-state index is 11.8. The third-order valence-electron chi connectivity index (χ3n) is 13.7. The number of allylic oxidation sites excluding steroid dienone is 1. The second kappa shape index (κ2) is 7.57. The Labute approximate surface area is 209 Å². The van der Waals surface area contributed by atoms with Crippen LogP contribution in [0.25, 0.3) is 0 Å². The lowest BCUT2D eigenvalue weighted by atomic mass is 9.32. The minimum atomic E-state index is -0.249. The minimum absolute atomic E-state index is 0.0181. The van der Waals surface area contributed by atoms with Gasteiger partial charge < -0.3 is 14.9 Å². The van der Waals surface area contributed by atoms with Crippen molar-refractivity contribution in [2.24, 2.45) is 56.7 Å². The summed E-state index contributed by atoms with van der Waals surface area (Å²) in [5.74, 6) is 2.58. The van der Waals surface area contributed by atoms with Crippen molar-refractivity contribution < 1.29 is 14.9 Å². The van der Waals surface area contributed by atoms with Gasteiger partial charge in [-0.15, -0.1) is 0 Å². The summed E-state index contributed by atoms with van der Waals surface area (Å²) in [5, 5.41) is 22.8. The molecule has 0 bridgehead atoms. The zero-order chi connectivity index (χ0) is 25.1. The number of rotatable bonds is 1. The van der Waals surface area contributed by atoms with Crippen LogP contribution in [0.15, 0.2) is 11.6 Å². The summed E-state index contributed by atoms with van der Waals surface area (Å²) >= 11 is 0. The van der Waals surface area contributed by atoms with Crippen molar-refractivity contribution in [3.63, 3.8) is 0 Å². The molecule has 3 nitrogen and oxygen atoms in total. The van der Waals surface area contributed by atoms with E-state index in [1.54, 1.807) is 5.57 Å². The highest BCUT2D eigenvalue weighted by Crippen LogP contribution is 2.75. The lowest BCUT2D eigenvalue weighted by molar-refractivity contribution is -0.237. The van der Waals surface area contributed by atoms with Crippen LogP contribution in [0.5, 0.6) is 0 Å². The van der Waals surface area contributed by atoms with E-state index in [1.807, 2.05) is 7.11 Å². The van der Waals surface area contributed by atoms with Crippen LogP contribution in [0.1, 0.15) is 100 Å². The fraction of sp³-hybridized carbons (Fsp3) is 0.935.